The minimum absolute atomic E-state index is 0.0412. The Balaban J connectivity index is 2.39. The van der Waals surface area contributed by atoms with Crippen molar-refractivity contribution in [1.29, 1.82) is 0 Å². The van der Waals surface area contributed by atoms with E-state index in [0.717, 1.165) is 3.79 Å². The Hall–Kier alpha value is -1.42. The molecule has 2 rings (SSSR count). The van der Waals surface area contributed by atoms with Crippen molar-refractivity contribution >= 4 is 33.2 Å². The molecule has 0 amide bonds. The first-order chi connectivity index (χ1) is 9.82. The molecule has 10 heteroatoms. The van der Waals surface area contributed by atoms with Gasteiger partial charge in [0.25, 0.3) is 0 Å². The van der Waals surface area contributed by atoms with Gasteiger partial charge in [-0.15, -0.1) is 16.4 Å². The van der Waals surface area contributed by atoms with Gasteiger partial charge in [-0.1, -0.05) is 5.21 Å². The van der Waals surface area contributed by atoms with Gasteiger partial charge in [0.15, 0.2) is 5.69 Å². The highest BCUT2D eigenvalue weighted by atomic mass is 79.9. The number of aromatic nitrogens is 3. The minimum Gasteiger partial charge on any atom is -0.461 e. The van der Waals surface area contributed by atoms with Gasteiger partial charge in [-0.3, -0.25) is 0 Å². The van der Waals surface area contributed by atoms with Crippen LogP contribution in [0.2, 0.25) is 0 Å². The lowest BCUT2D eigenvalue weighted by Crippen LogP contribution is -2.19. The van der Waals surface area contributed by atoms with Crippen LogP contribution in [0.25, 0.3) is 0 Å². The fourth-order valence-corrected chi connectivity index (χ4v) is 2.84. The number of ether oxygens (including phenoxy) is 1. The summed E-state index contributed by atoms with van der Waals surface area (Å²) in [6.45, 7) is 1.32. The Labute approximate surface area is 129 Å². The predicted molar refractivity (Wildman–Crippen MR) is 72.1 cm³/mol. The Bertz CT molecular complexity index is 653. The topological polar surface area (TPSA) is 57.0 Å². The molecule has 0 bridgehead atoms. The third kappa shape index (κ3) is 3.62. The van der Waals surface area contributed by atoms with Gasteiger partial charge in [-0.25, -0.2) is 9.48 Å². The molecule has 0 aliphatic rings. The number of halogens is 4. The molecular weight excluding hydrogens is 375 g/mol. The molecule has 114 valence electrons. The molecule has 0 spiro atoms. The van der Waals surface area contributed by atoms with Crippen molar-refractivity contribution in [3.63, 3.8) is 0 Å². The molecule has 0 saturated heterocycles. The maximum Gasteiger partial charge on any atom is 0.435 e. The van der Waals surface area contributed by atoms with Crippen LogP contribution in [-0.2, 0) is 17.5 Å². The van der Waals surface area contributed by atoms with Crippen LogP contribution in [0.1, 0.15) is 28.7 Å². The molecular formula is C11H9BrF3N3O2S. The number of nitrogens with zero attached hydrogens (tertiary/aromatic N) is 3. The van der Waals surface area contributed by atoms with E-state index in [1.165, 1.54) is 18.3 Å². The summed E-state index contributed by atoms with van der Waals surface area (Å²) in [5.74, 6) is -1.14. The van der Waals surface area contributed by atoms with Crippen LogP contribution in [0, 0.1) is 0 Å². The molecule has 2 aromatic heterocycles. The van der Waals surface area contributed by atoms with Gasteiger partial charge in [0, 0.05) is 0 Å². The largest absolute Gasteiger partial charge is 0.461 e. The number of rotatable bonds is 4. The molecule has 0 fully saturated rings. The minimum atomic E-state index is -4.75. The average molecular weight is 384 g/mol. The van der Waals surface area contributed by atoms with Gasteiger partial charge < -0.3 is 4.74 Å². The highest BCUT2D eigenvalue weighted by molar-refractivity contribution is 9.11. The summed E-state index contributed by atoms with van der Waals surface area (Å²) < 4.78 is 45.4. The molecule has 0 atom stereocenters. The molecule has 0 aliphatic carbocycles. The average Bonchev–Trinajstić information content (AvgIpc) is 2.96. The van der Waals surface area contributed by atoms with Crippen LogP contribution in [-0.4, -0.2) is 27.6 Å². The first kappa shape index (κ1) is 16.0. The zero-order valence-electron chi connectivity index (χ0n) is 10.6. The highest BCUT2D eigenvalue weighted by Gasteiger charge is 2.42. The molecule has 5 nitrogen and oxygen atoms in total. The SMILES string of the molecule is CCOC(=O)c1nnn(Cc2csc(Br)c2)c1C(F)(F)F. The van der Waals surface area contributed by atoms with Gasteiger partial charge in [0.2, 0.25) is 5.69 Å². The van der Waals surface area contributed by atoms with E-state index < -0.39 is 23.5 Å². The molecule has 0 aliphatic heterocycles. The molecule has 0 radical (unpaired) electrons. The summed E-state index contributed by atoms with van der Waals surface area (Å²) in [6, 6.07) is 1.68. The standard InChI is InChI=1S/C11H9BrF3N3O2S/c1-2-20-10(19)8-9(11(13,14)15)18(17-16-8)4-6-3-7(12)21-5-6/h3,5H,2,4H2,1H3. The fraction of sp³-hybridized carbons (Fsp3) is 0.364. The molecule has 0 aromatic carbocycles. The summed E-state index contributed by atoms with van der Waals surface area (Å²) in [7, 11) is 0. The zero-order valence-corrected chi connectivity index (χ0v) is 13.0. The van der Waals surface area contributed by atoms with E-state index in [-0.39, 0.29) is 13.2 Å². The van der Waals surface area contributed by atoms with Gasteiger partial charge >= 0.3 is 12.1 Å². The molecule has 21 heavy (non-hydrogen) atoms. The second-order valence-electron chi connectivity index (χ2n) is 3.92. The van der Waals surface area contributed by atoms with Crippen molar-refractivity contribution in [2.24, 2.45) is 0 Å². The highest BCUT2D eigenvalue weighted by Crippen LogP contribution is 2.32. The number of thiophene rings is 1. The summed E-state index contributed by atoms with van der Waals surface area (Å²) in [5.41, 5.74) is -1.40. The lowest BCUT2D eigenvalue weighted by atomic mass is 10.3. The van der Waals surface area contributed by atoms with Gasteiger partial charge in [-0.2, -0.15) is 13.2 Å². The van der Waals surface area contributed by atoms with Gasteiger partial charge in [-0.05, 0) is 39.9 Å². The second-order valence-corrected chi connectivity index (χ2v) is 6.21. The lowest BCUT2D eigenvalue weighted by molar-refractivity contribution is -0.144. The van der Waals surface area contributed by atoms with E-state index in [1.54, 1.807) is 11.4 Å². The third-order valence-electron chi connectivity index (χ3n) is 2.43. The van der Waals surface area contributed by atoms with Crippen LogP contribution in [0.15, 0.2) is 15.2 Å². The van der Waals surface area contributed by atoms with Crippen LogP contribution in [0.4, 0.5) is 13.2 Å². The van der Waals surface area contributed by atoms with E-state index in [0.29, 0.717) is 10.2 Å². The van der Waals surface area contributed by atoms with E-state index in [1.807, 2.05) is 0 Å². The number of carbonyl (C=O) groups excluding carboxylic acids is 1. The van der Waals surface area contributed by atoms with Crippen LogP contribution >= 0.6 is 27.3 Å². The molecule has 2 heterocycles. The van der Waals surface area contributed by atoms with Crippen molar-refractivity contribution in [2.45, 2.75) is 19.6 Å². The van der Waals surface area contributed by atoms with Crippen LogP contribution in [0.5, 0.6) is 0 Å². The maximum atomic E-state index is 13.1. The summed E-state index contributed by atoms with van der Waals surface area (Å²) >= 11 is 4.57. The summed E-state index contributed by atoms with van der Waals surface area (Å²) in [5, 5.41) is 8.43. The van der Waals surface area contributed by atoms with Crippen molar-refractivity contribution in [3.05, 3.63) is 32.2 Å². The molecule has 0 N–H and O–H groups in total. The summed E-state index contributed by atoms with van der Waals surface area (Å²) in [4.78, 5) is 11.5. The van der Waals surface area contributed by atoms with Gasteiger partial charge in [0.05, 0.1) is 16.9 Å². The monoisotopic (exact) mass is 383 g/mol. The number of alkyl halides is 3. The maximum absolute atomic E-state index is 13.1. The summed E-state index contributed by atoms with van der Waals surface area (Å²) in [6.07, 6.45) is -4.75. The Kier molecular flexibility index (Phi) is 4.67. The normalized spacial score (nSPS) is 11.7. The Morgan fingerprint density at radius 2 is 2.24 bits per heavy atom. The lowest BCUT2D eigenvalue weighted by Gasteiger charge is -2.10. The first-order valence-corrected chi connectivity index (χ1v) is 7.41. The van der Waals surface area contributed by atoms with E-state index >= 15 is 0 Å². The smallest absolute Gasteiger partial charge is 0.435 e. The van der Waals surface area contributed by atoms with E-state index in [9.17, 15) is 18.0 Å². The third-order valence-corrected chi connectivity index (χ3v) is 3.98. The quantitative estimate of drug-likeness (QED) is 0.759. The molecule has 2 aromatic rings. The Morgan fingerprint density at radius 1 is 1.52 bits per heavy atom. The number of hydrogen-bond acceptors (Lipinski definition) is 5. The van der Waals surface area contributed by atoms with Crippen LogP contribution in [0.3, 0.4) is 0 Å². The van der Waals surface area contributed by atoms with E-state index in [2.05, 4.69) is 31.0 Å². The first-order valence-electron chi connectivity index (χ1n) is 5.73. The second kappa shape index (κ2) is 6.14. The van der Waals surface area contributed by atoms with Crippen molar-refractivity contribution in [2.75, 3.05) is 6.61 Å². The van der Waals surface area contributed by atoms with Gasteiger partial charge in [0.1, 0.15) is 0 Å². The number of carbonyl (C=O) groups is 1. The van der Waals surface area contributed by atoms with Crippen molar-refractivity contribution in [1.82, 2.24) is 15.0 Å². The van der Waals surface area contributed by atoms with Crippen LogP contribution < -0.4 is 0 Å². The Morgan fingerprint density at radius 3 is 2.76 bits per heavy atom. The predicted octanol–water partition coefficient (Wildman–Crippen LogP) is 3.35. The zero-order chi connectivity index (χ0) is 15.6. The van der Waals surface area contributed by atoms with E-state index in [4.69, 9.17) is 0 Å². The van der Waals surface area contributed by atoms with Crippen molar-refractivity contribution < 1.29 is 22.7 Å². The number of esters is 1. The number of hydrogen-bond donors (Lipinski definition) is 0. The molecule has 0 unspecified atom stereocenters. The molecule has 0 saturated carbocycles. The van der Waals surface area contributed by atoms with Crippen molar-refractivity contribution in [3.8, 4) is 0 Å². The fourth-order valence-electron chi connectivity index (χ4n) is 1.64.